The molecule has 0 aliphatic rings. The van der Waals surface area contributed by atoms with Gasteiger partial charge >= 0.3 is 0 Å². The third-order valence-electron chi connectivity index (χ3n) is 3.17. The van der Waals surface area contributed by atoms with Gasteiger partial charge < -0.3 is 4.74 Å². The van der Waals surface area contributed by atoms with Crippen LogP contribution in [0.4, 0.5) is 0 Å². The maximum Gasteiger partial charge on any atom is 0.119 e. The highest BCUT2D eigenvalue weighted by molar-refractivity contribution is 6.17. The molecule has 0 radical (unpaired) electrons. The number of ether oxygens (including phenoxy) is 1. The summed E-state index contributed by atoms with van der Waals surface area (Å²) >= 11 is 5.76. The monoisotopic (exact) mass is 274 g/mol. The lowest BCUT2D eigenvalue weighted by Gasteiger charge is -2.07. The quantitative estimate of drug-likeness (QED) is 0.699. The van der Waals surface area contributed by atoms with Gasteiger partial charge in [-0.3, -0.25) is 0 Å². The minimum Gasteiger partial charge on any atom is -0.493 e. The first kappa shape index (κ1) is 14.0. The number of benzene rings is 2. The Bertz CT molecular complexity index is 440. The standard InChI is InChI=1S/C17H19ClO/c1-2-14-7-9-17(10-8-14)19-12-11-15-3-5-16(13-18)6-4-15/h3-10H,2,11-13H2,1H3. The van der Waals surface area contributed by atoms with Gasteiger partial charge in [-0.1, -0.05) is 43.3 Å². The van der Waals surface area contributed by atoms with Crippen LogP contribution in [0.25, 0.3) is 0 Å². The summed E-state index contributed by atoms with van der Waals surface area (Å²) in [6, 6.07) is 16.7. The lowest BCUT2D eigenvalue weighted by Crippen LogP contribution is -2.01. The van der Waals surface area contributed by atoms with E-state index in [0.717, 1.165) is 24.2 Å². The smallest absolute Gasteiger partial charge is 0.119 e. The van der Waals surface area contributed by atoms with Crippen molar-refractivity contribution in [2.75, 3.05) is 6.61 Å². The molecular weight excluding hydrogens is 256 g/mol. The summed E-state index contributed by atoms with van der Waals surface area (Å²) in [5.74, 6) is 1.51. The fourth-order valence-corrected chi connectivity index (χ4v) is 2.08. The summed E-state index contributed by atoms with van der Waals surface area (Å²) < 4.78 is 5.74. The van der Waals surface area contributed by atoms with E-state index in [9.17, 15) is 0 Å². The molecule has 0 saturated carbocycles. The second kappa shape index (κ2) is 7.20. The van der Waals surface area contributed by atoms with Crippen molar-refractivity contribution in [2.24, 2.45) is 0 Å². The Morgan fingerprint density at radius 3 is 2.00 bits per heavy atom. The Kier molecular flexibility index (Phi) is 5.29. The zero-order valence-corrected chi connectivity index (χ0v) is 12.0. The van der Waals surface area contributed by atoms with E-state index in [1.807, 2.05) is 12.1 Å². The highest BCUT2D eigenvalue weighted by Gasteiger charge is 1.97. The predicted octanol–water partition coefficient (Wildman–Crippen LogP) is 4.61. The minimum absolute atomic E-state index is 0.570. The average molecular weight is 275 g/mol. The van der Waals surface area contributed by atoms with Gasteiger partial charge in [-0.05, 0) is 35.2 Å². The van der Waals surface area contributed by atoms with E-state index in [1.165, 1.54) is 11.1 Å². The Morgan fingerprint density at radius 1 is 0.842 bits per heavy atom. The second-order valence-corrected chi connectivity index (χ2v) is 4.81. The molecule has 0 unspecified atom stereocenters. The van der Waals surface area contributed by atoms with Gasteiger partial charge in [0.25, 0.3) is 0 Å². The lowest BCUT2D eigenvalue weighted by atomic mass is 10.1. The van der Waals surface area contributed by atoms with Crippen LogP contribution in [0.2, 0.25) is 0 Å². The van der Waals surface area contributed by atoms with E-state index in [4.69, 9.17) is 16.3 Å². The van der Waals surface area contributed by atoms with Crippen molar-refractivity contribution >= 4 is 11.6 Å². The van der Waals surface area contributed by atoms with Crippen LogP contribution in [0.15, 0.2) is 48.5 Å². The number of hydrogen-bond donors (Lipinski definition) is 0. The summed E-state index contributed by atoms with van der Waals surface area (Å²) in [5.41, 5.74) is 3.77. The number of alkyl halides is 1. The highest BCUT2D eigenvalue weighted by atomic mass is 35.5. The predicted molar refractivity (Wildman–Crippen MR) is 81.0 cm³/mol. The van der Waals surface area contributed by atoms with Gasteiger partial charge in [0.2, 0.25) is 0 Å². The lowest BCUT2D eigenvalue weighted by molar-refractivity contribution is 0.322. The molecule has 0 saturated heterocycles. The maximum atomic E-state index is 5.76. The van der Waals surface area contributed by atoms with Crippen molar-refractivity contribution in [2.45, 2.75) is 25.6 Å². The van der Waals surface area contributed by atoms with Crippen molar-refractivity contribution < 1.29 is 4.74 Å². The second-order valence-electron chi connectivity index (χ2n) is 4.55. The van der Waals surface area contributed by atoms with Gasteiger partial charge in [0.1, 0.15) is 5.75 Å². The first-order valence-electron chi connectivity index (χ1n) is 6.67. The largest absolute Gasteiger partial charge is 0.493 e. The molecule has 0 N–H and O–H groups in total. The summed E-state index contributed by atoms with van der Waals surface area (Å²) in [5, 5.41) is 0. The number of rotatable bonds is 6. The minimum atomic E-state index is 0.570. The van der Waals surface area contributed by atoms with Crippen molar-refractivity contribution in [1.29, 1.82) is 0 Å². The van der Waals surface area contributed by atoms with Crippen LogP contribution in [0.5, 0.6) is 5.75 Å². The van der Waals surface area contributed by atoms with E-state index in [-0.39, 0.29) is 0 Å². The van der Waals surface area contributed by atoms with Gasteiger partial charge in [-0.25, -0.2) is 0 Å². The third kappa shape index (κ3) is 4.29. The molecule has 0 atom stereocenters. The summed E-state index contributed by atoms with van der Waals surface area (Å²) in [6.07, 6.45) is 1.98. The van der Waals surface area contributed by atoms with E-state index in [1.54, 1.807) is 0 Å². The molecule has 0 aliphatic carbocycles. The van der Waals surface area contributed by atoms with Gasteiger partial charge in [0.15, 0.2) is 0 Å². The van der Waals surface area contributed by atoms with Crippen LogP contribution < -0.4 is 4.74 Å². The maximum absolute atomic E-state index is 5.76. The fourth-order valence-electron chi connectivity index (χ4n) is 1.90. The van der Waals surface area contributed by atoms with Gasteiger partial charge in [-0.15, -0.1) is 11.6 Å². The Morgan fingerprint density at radius 2 is 1.42 bits per heavy atom. The number of aryl methyl sites for hydroxylation is 1. The molecule has 0 heterocycles. The van der Waals surface area contributed by atoms with Crippen LogP contribution in [-0.2, 0) is 18.7 Å². The van der Waals surface area contributed by atoms with Crippen molar-refractivity contribution in [3.8, 4) is 5.75 Å². The van der Waals surface area contributed by atoms with Gasteiger partial charge in [-0.2, -0.15) is 0 Å². The van der Waals surface area contributed by atoms with E-state index < -0.39 is 0 Å². The van der Waals surface area contributed by atoms with Crippen molar-refractivity contribution in [3.63, 3.8) is 0 Å². The van der Waals surface area contributed by atoms with Crippen LogP contribution in [0, 0.1) is 0 Å². The number of hydrogen-bond acceptors (Lipinski definition) is 1. The first-order valence-corrected chi connectivity index (χ1v) is 7.21. The molecule has 19 heavy (non-hydrogen) atoms. The van der Waals surface area contributed by atoms with Crippen LogP contribution in [-0.4, -0.2) is 6.61 Å². The van der Waals surface area contributed by atoms with E-state index >= 15 is 0 Å². The summed E-state index contributed by atoms with van der Waals surface area (Å²) in [4.78, 5) is 0. The molecular formula is C17H19ClO. The normalized spacial score (nSPS) is 10.4. The molecule has 0 amide bonds. The van der Waals surface area contributed by atoms with E-state index in [2.05, 4.69) is 43.3 Å². The molecule has 2 rings (SSSR count). The van der Waals surface area contributed by atoms with Crippen molar-refractivity contribution in [1.82, 2.24) is 0 Å². The Balaban J connectivity index is 1.81. The Labute approximate surface area is 120 Å². The Hall–Kier alpha value is -1.47. The van der Waals surface area contributed by atoms with E-state index in [0.29, 0.717) is 12.5 Å². The molecule has 2 aromatic carbocycles. The topological polar surface area (TPSA) is 9.23 Å². The molecule has 0 aliphatic heterocycles. The highest BCUT2D eigenvalue weighted by Crippen LogP contribution is 2.13. The van der Waals surface area contributed by atoms with Crippen LogP contribution in [0.1, 0.15) is 23.6 Å². The number of halogens is 1. The molecule has 0 bridgehead atoms. The van der Waals surface area contributed by atoms with Crippen LogP contribution in [0.3, 0.4) is 0 Å². The van der Waals surface area contributed by atoms with Crippen LogP contribution >= 0.6 is 11.6 Å². The SMILES string of the molecule is CCc1ccc(OCCc2ccc(CCl)cc2)cc1. The molecule has 2 aromatic rings. The van der Waals surface area contributed by atoms with Gasteiger partial charge in [0.05, 0.1) is 6.61 Å². The zero-order valence-electron chi connectivity index (χ0n) is 11.2. The molecule has 0 fully saturated rings. The zero-order chi connectivity index (χ0) is 13.5. The first-order chi connectivity index (χ1) is 9.31. The van der Waals surface area contributed by atoms with Crippen molar-refractivity contribution in [3.05, 3.63) is 65.2 Å². The van der Waals surface area contributed by atoms with Gasteiger partial charge in [0, 0.05) is 12.3 Å². The molecule has 2 heteroatoms. The fraction of sp³-hybridized carbons (Fsp3) is 0.294. The third-order valence-corrected chi connectivity index (χ3v) is 3.48. The molecule has 1 nitrogen and oxygen atoms in total. The molecule has 100 valence electrons. The molecule has 0 aromatic heterocycles. The average Bonchev–Trinajstić information content (AvgIpc) is 2.49. The summed E-state index contributed by atoms with van der Waals surface area (Å²) in [7, 11) is 0. The molecule has 0 spiro atoms. The summed E-state index contributed by atoms with van der Waals surface area (Å²) in [6.45, 7) is 2.85.